The van der Waals surface area contributed by atoms with Gasteiger partial charge < -0.3 is 4.90 Å². The minimum atomic E-state index is 0.273. The second kappa shape index (κ2) is 6.15. The highest BCUT2D eigenvalue weighted by Gasteiger charge is 2.16. The molecule has 0 amide bonds. The average molecular weight is 359 g/mol. The first-order valence-corrected chi connectivity index (χ1v) is 8.40. The molecular weight excluding hydrogens is 344 g/mol. The molecule has 2 aromatic rings. The number of thiophene rings is 1. The summed E-state index contributed by atoms with van der Waals surface area (Å²) in [5.41, 5.74) is 0.897. The Balaban J connectivity index is 2.19. The maximum atomic E-state index is 11.1. The molecule has 0 spiro atoms. The SMILES string of the molecule is CC(C)c1nc(N(C)Cc2cc(Br)cs2)sc1C=O. The minimum Gasteiger partial charge on any atom is -0.346 e. The van der Waals surface area contributed by atoms with Crippen molar-refractivity contribution < 1.29 is 4.79 Å². The van der Waals surface area contributed by atoms with Crippen molar-refractivity contribution in [2.45, 2.75) is 26.3 Å². The molecular formula is C13H15BrN2OS2. The molecule has 2 rings (SSSR count). The van der Waals surface area contributed by atoms with Gasteiger partial charge in [-0.1, -0.05) is 25.2 Å². The smallest absolute Gasteiger partial charge is 0.186 e. The van der Waals surface area contributed by atoms with Gasteiger partial charge >= 0.3 is 0 Å². The molecule has 0 N–H and O–H groups in total. The predicted molar refractivity (Wildman–Crippen MR) is 85.7 cm³/mol. The lowest BCUT2D eigenvalue weighted by Crippen LogP contribution is -2.15. The zero-order valence-electron chi connectivity index (χ0n) is 11.0. The Kier molecular flexibility index (Phi) is 4.76. The topological polar surface area (TPSA) is 33.2 Å². The van der Waals surface area contributed by atoms with Gasteiger partial charge in [0.25, 0.3) is 0 Å². The molecule has 0 fully saturated rings. The molecule has 19 heavy (non-hydrogen) atoms. The fourth-order valence-corrected chi connectivity index (χ4v) is 4.23. The van der Waals surface area contributed by atoms with E-state index < -0.39 is 0 Å². The fourth-order valence-electron chi connectivity index (χ4n) is 1.73. The molecule has 2 aromatic heterocycles. The lowest BCUT2D eigenvalue weighted by atomic mass is 10.1. The standard InChI is InChI=1S/C13H15BrN2OS2/c1-8(2)12-11(6-17)19-13(15-12)16(3)5-10-4-9(14)7-18-10/h4,6-8H,5H2,1-3H3. The van der Waals surface area contributed by atoms with Crippen LogP contribution in [0.4, 0.5) is 5.13 Å². The minimum absolute atomic E-state index is 0.273. The number of hydrogen-bond acceptors (Lipinski definition) is 5. The maximum Gasteiger partial charge on any atom is 0.186 e. The Bertz CT molecular complexity index is 577. The zero-order chi connectivity index (χ0) is 14.0. The molecule has 0 saturated carbocycles. The van der Waals surface area contributed by atoms with Crippen molar-refractivity contribution in [1.82, 2.24) is 4.98 Å². The number of thiazole rings is 1. The van der Waals surface area contributed by atoms with Crippen LogP contribution in [0.3, 0.4) is 0 Å². The first-order chi connectivity index (χ1) is 9.01. The van der Waals surface area contributed by atoms with Crippen LogP contribution in [-0.2, 0) is 6.54 Å². The summed E-state index contributed by atoms with van der Waals surface area (Å²) >= 11 is 6.63. The highest BCUT2D eigenvalue weighted by Crippen LogP contribution is 2.30. The van der Waals surface area contributed by atoms with Crippen molar-refractivity contribution in [3.05, 3.63) is 31.4 Å². The largest absolute Gasteiger partial charge is 0.346 e. The van der Waals surface area contributed by atoms with Gasteiger partial charge in [-0.3, -0.25) is 4.79 Å². The zero-order valence-corrected chi connectivity index (χ0v) is 14.2. The molecule has 0 aliphatic heterocycles. The molecule has 0 aliphatic carbocycles. The Labute approximate surface area is 129 Å². The van der Waals surface area contributed by atoms with Gasteiger partial charge in [0.1, 0.15) is 0 Å². The second-order valence-electron chi connectivity index (χ2n) is 4.61. The molecule has 0 bridgehead atoms. The summed E-state index contributed by atoms with van der Waals surface area (Å²) in [6.07, 6.45) is 0.909. The van der Waals surface area contributed by atoms with Crippen LogP contribution in [0.15, 0.2) is 15.9 Å². The van der Waals surface area contributed by atoms with E-state index in [1.54, 1.807) is 11.3 Å². The average Bonchev–Trinajstić information content (AvgIpc) is 2.95. The number of aldehydes is 1. The van der Waals surface area contributed by atoms with E-state index in [0.717, 1.165) is 33.0 Å². The Morgan fingerprint density at radius 3 is 2.74 bits per heavy atom. The predicted octanol–water partition coefficient (Wildman–Crippen LogP) is 4.54. The second-order valence-corrected chi connectivity index (χ2v) is 7.53. The van der Waals surface area contributed by atoms with Crippen molar-refractivity contribution in [3.8, 4) is 0 Å². The molecule has 6 heteroatoms. The molecule has 0 unspecified atom stereocenters. The third-order valence-electron chi connectivity index (χ3n) is 2.67. The molecule has 0 atom stereocenters. The van der Waals surface area contributed by atoms with Crippen LogP contribution >= 0.6 is 38.6 Å². The van der Waals surface area contributed by atoms with E-state index >= 15 is 0 Å². The lowest BCUT2D eigenvalue weighted by Gasteiger charge is -2.14. The van der Waals surface area contributed by atoms with Crippen LogP contribution in [-0.4, -0.2) is 18.3 Å². The van der Waals surface area contributed by atoms with Gasteiger partial charge in [0.15, 0.2) is 11.4 Å². The van der Waals surface area contributed by atoms with Gasteiger partial charge in [0.2, 0.25) is 0 Å². The van der Waals surface area contributed by atoms with Crippen LogP contribution in [0.2, 0.25) is 0 Å². The van der Waals surface area contributed by atoms with Crippen LogP contribution in [0.25, 0.3) is 0 Å². The highest BCUT2D eigenvalue weighted by molar-refractivity contribution is 9.10. The van der Waals surface area contributed by atoms with Gasteiger partial charge in [-0.2, -0.15) is 0 Å². The van der Waals surface area contributed by atoms with Gasteiger partial charge in [-0.05, 0) is 27.9 Å². The van der Waals surface area contributed by atoms with Crippen molar-refractivity contribution in [2.24, 2.45) is 0 Å². The summed E-state index contributed by atoms with van der Waals surface area (Å²) in [6, 6.07) is 2.11. The number of carbonyl (C=O) groups is 1. The Morgan fingerprint density at radius 1 is 1.53 bits per heavy atom. The third kappa shape index (κ3) is 3.43. The van der Waals surface area contributed by atoms with Crippen LogP contribution in [0.5, 0.6) is 0 Å². The van der Waals surface area contributed by atoms with Crippen molar-refractivity contribution in [2.75, 3.05) is 11.9 Å². The number of hydrogen-bond donors (Lipinski definition) is 0. The normalized spacial score (nSPS) is 11.0. The van der Waals surface area contributed by atoms with Gasteiger partial charge in [-0.15, -0.1) is 11.3 Å². The van der Waals surface area contributed by atoms with E-state index in [0.29, 0.717) is 0 Å². The molecule has 2 heterocycles. The van der Waals surface area contributed by atoms with Gasteiger partial charge in [0, 0.05) is 21.8 Å². The molecule has 0 saturated heterocycles. The lowest BCUT2D eigenvalue weighted by molar-refractivity contribution is 0.112. The number of rotatable bonds is 5. The van der Waals surface area contributed by atoms with Crippen LogP contribution in [0, 0.1) is 0 Å². The maximum absolute atomic E-state index is 11.1. The van der Waals surface area contributed by atoms with Crippen molar-refractivity contribution in [3.63, 3.8) is 0 Å². The summed E-state index contributed by atoms with van der Waals surface area (Å²) in [5, 5.41) is 2.97. The van der Waals surface area contributed by atoms with Gasteiger partial charge in [0.05, 0.1) is 17.1 Å². The number of anilines is 1. The summed E-state index contributed by atoms with van der Waals surface area (Å²) in [7, 11) is 2.01. The van der Waals surface area contributed by atoms with Crippen molar-refractivity contribution in [1.29, 1.82) is 0 Å². The number of nitrogens with zero attached hydrogens (tertiary/aromatic N) is 2. The monoisotopic (exact) mass is 358 g/mol. The Morgan fingerprint density at radius 2 is 2.26 bits per heavy atom. The fraction of sp³-hybridized carbons (Fsp3) is 0.385. The van der Waals surface area contributed by atoms with Crippen LogP contribution < -0.4 is 4.90 Å². The summed E-state index contributed by atoms with van der Waals surface area (Å²) in [4.78, 5) is 19.8. The molecule has 0 aliphatic rings. The quantitative estimate of drug-likeness (QED) is 0.735. The van der Waals surface area contributed by atoms with Gasteiger partial charge in [-0.25, -0.2) is 4.98 Å². The van der Waals surface area contributed by atoms with E-state index in [-0.39, 0.29) is 5.92 Å². The van der Waals surface area contributed by atoms with E-state index in [1.807, 2.05) is 7.05 Å². The first kappa shape index (κ1) is 14.7. The molecule has 0 radical (unpaired) electrons. The number of carbonyl (C=O) groups excluding carboxylic acids is 1. The Hall–Kier alpha value is -0.720. The third-order valence-corrected chi connectivity index (χ3v) is 5.46. The number of aromatic nitrogens is 1. The summed E-state index contributed by atoms with van der Waals surface area (Å²) < 4.78 is 1.11. The van der Waals surface area contributed by atoms with E-state index in [4.69, 9.17) is 0 Å². The summed E-state index contributed by atoms with van der Waals surface area (Å²) in [6.45, 7) is 4.92. The van der Waals surface area contributed by atoms with E-state index in [2.05, 4.69) is 51.1 Å². The molecule has 102 valence electrons. The van der Waals surface area contributed by atoms with Crippen LogP contribution in [0.1, 0.15) is 40.0 Å². The van der Waals surface area contributed by atoms with Crippen molar-refractivity contribution >= 4 is 50.0 Å². The summed E-state index contributed by atoms with van der Waals surface area (Å²) in [5.74, 6) is 0.273. The van der Waals surface area contributed by atoms with E-state index in [1.165, 1.54) is 16.2 Å². The first-order valence-electron chi connectivity index (χ1n) is 5.91. The number of halogens is 1. The molecule has 3 nitrogen and oxygen atoms in total. The van der Waals surface area contributed by atoms with E-state index in [9.17, 15) is 4.79 Å². The molecule has 0 aromatic carbocycles. The highest BCUT2D eigenvalue weighted by atomic mass is 79.9.